The third-order valence-corrected chi connectivity index (χ3v) is 8.32. The molecule has 0 bridgehead atoms. The van der Waals surface area contributed by atoms with Crippen molar-refractivity contribution in [1.82, 2.24) is 0 Å². The number of hydrogen-bond acceptors (Lipinski definition) is 3. The van der Waals surface area contributed by atoms with Gasteiger partial charge in [0, 0.05) is 0 Å². The minimum atomic E-state index is -1.86. The Morgan fingerprint density at radius 3 is 2.21 bits per heavy atom. The Hall–Kier alpha value is -0.613. The second kappa shape index (κ2) is 7.24. The van der Waals surface area contributed by atoms with Gasteiger partial charge in [-0.05, 0) is 37.9 Å². The van der Waals surface area contributed by atoms with Gasteiger partial charge < -0.3 is 9.16 Å². The SMILES string of the molecule is C=C(C)CC[C@H](CC(=O)OC)O[Si](C)(C)C(C)(C)C. The summed E-state index contributed by atoms with van der Waals surface area (Å²) in [6, 6.07) is 0. The van der Waals surface area contributed by atoms with E-state index in [0.29, 0.717) is 6.42 Å². The van der Waals surface area contributed by atoms with Crippen LogP contribution in [0.3, 0.4) is 0 Å². The maximum Gasteiger partial charge on any atom is 0.308 e. The van der Waals surface area contributed by atoms with E-state index in [9.17, 15) is 4.79 Å². The summed E-state index contributed by atoms with van der Waals surface area (Å²) < 4.78 is 11.1. The second-order valence-electron chi connectivity index (χ2n) is 6.78. The fraction of sp³-hybridized carbons (Fsp3) is 0.800. The zero-order valence-electron chi connectivity index (χ0n) is 13.6. The first-order valence-electron chi connectivity index (χ1n) is 6.88. The monoisotopic (exact) mass is 286 g/mol. The topological polar surface area (TPSA) is 35.5 Å². The van der Waals surface area contributed by atoms with Gasteiger partial charge in [0.2, 0.25) is 0 Å². The van der Waals surface area contributed by atoms with Crippen LogP contribution in [0.1, 0.15) is 47.0 Å². The molecule has 4 heteroatoms. The summed E-state index contributed by atoms with van der Waals surface area (Å²) in [4.78, 5) is 11.5. The third-order valence-electron chi connectivity index (χ3n) is 3.78. The summed E-state index contributed by atoms with van der Waals surface area (Å²) in [6.45, 7) is 16.9. The zero-order valence-corrected chi connectivity index (χ0v) is 14.6. The molecule has 0 rings (SSSR count). The number of allylic oxidation sites excluding steroid dienone is 1. The van der Waals surface area contributed by atoms with E-state index in [1.54, 1.807) is 0 Å². The molecule has 0 aromatic carbocycles. The number of carbonyl (C=O) groups excluding carboxylic acids is 1. The molecule has 0 aromatic heterocycles. The summed E-state index contributed by atoms with van der Waals surface area (Å²) in [5, 5.41) is 0.143. The van der Waals surface area contributed by atoms with Gasteiger partial charge in [-0.25, -0.2) is 0 Å². The van der Waals surface area contributed by atoms with Crippen LogP contribution in [0.15, 0.2) is 12.2 Å². The number of ether oxygens (including phenoxy) is 1. The Labute approximate surface area is 119 Å². The van der Waals surface area contributed by atoms with Gasteiger partial charge >= 0.3 is 5.97 Å². The average Bonchev–Trinajstić information content (AvgIpc) is 2.23. The number of rotatable bonds is 7. The summed E-state index contributed by atoms with van der Waals surface area (Å²) in [6.07, 6.45) is 1.98. The van der Waals surface area contributed by atoms with E-state index in [-0.39, 0.29) is 17.1 Å². The standard InChI is InChI=1S/C15H30O3Si/c1-12(2)9-10-13(11-14(16)17-6)18-19(7,8)15(3,4)5/h13H,1,9-11H2,2-8H3/t13-/m1/s1. The highest BCUT2D eigenvalue weighted by molar-refractivity contribution is 6.74. The van der Waals surface area contributed by atoms with E-state index in [0.717, 1.165) is 18.4 Å². The largest absolute Gasteiger partial charge is 0.469 e. The van der Waals surface area contributed by atoms with Crippen LogP contribution in [0.25, 0.3) is 0 Å². The van der Waals surface area contributed by atoms with Crippen molar-refractivity contribution in [1.29, 1.82) is 0 Å². The summed E-state index contributed by atoms with van der Waals surface area (Å²) >= 11 is 0. The molecule has 0 N–H and O–H groups in total. The van der Waals surface area contributed by atoms with Gasteiger partial charge in [-0.2, -0.15) is 0 Å². The van der Waals surface area contributed by atoms with Crippen molar-refractivity contribution >= 4 is 14.3 Å². The van der Waals surface area contributed by atoms with E-state index >= 15 is 0 Å². The van der Waals surface area contributed by atoms with E-state index in [1.165, 1.54) is 7.11 Å². The molecule has 0 aliphatic heterocycles. The molecule has 3 nitrogen and oxygen atoms in total. The van der Waals surface area contributed by atoms with E-state index in [4.69, 9.17) is 9.16 Å². The van der Waals surface area contributed by atoms with Crippen molar-refractivity contribution in [3.63, 3.8) is 0 Å². The maximum atomic E-state index is 11.5. The van der Waals surface area contributed by atoms with Crippen molar-refractivity contribution in [3.05, 3.63) is 12.2 Å². The van der Waals surface area contributed by atoms with Crippen LogP contribution in [0.5, 0.6) is 0 Å². The lowest BCUT2D eigenvalue weighted by Crippen LogP contribution is -2.44. The average molecular weight is 286 g/mol. The van der Waals surface area contributed by atoms with Crippen molar-refractivity contribution in [2.75, 3.05) is 7.11 Å². The summed E-state index contributed by atoms with van der Waals surface area (Å²) in [5.41, 5.74) is 1.12. The van der Waals surface area contributed by atoms with Crippen LogP contribution < -0.4 is 0 Å². The molecule has 0 saturated carbocycles. The summed E-state index contributed by atoms with van der Waals surface area (Å²) in [7, 11) is -0.436. The Morgan fingerprint density at radius 2 is 1.84 bits per heavy atom. The Morgan fingerprint density at radius 1 is 1.32 bits per heavy atom. The molecule has 0 aliphatic rings. The molecule has 1 atom stereocenters. The van der Waals surface area contributed by atoms with Crippen LogP contribution in [0.2, 0.25) is 18.1 Å². The predicted octanol–water partition coefficient (Wildman–Crippen LogP) is 4.30. The first-order chi connectivity index (χ1) is 8.49. The minimum Gasteiger partial charge on any atom is -0.469 e. The van der Waals surface area contributed by atoms with Crippen LogP contribution in [-0.2, 0) is 14.0 Å². The zero-order chi connectivity index (χ0) is 15.3. The van der Waals surface area contributed by atoms with Gasteiger partial charge in [-0.3, -0.25) is 4.79 Å². The summed E-state index contributed by atoms with van der Waals surface area (Å²) in [5.74, 6) is -0.203. The molecule has 0 aromatic rings. The number of esters is 1. The molecule has 0 radical (unpaired) electrons. The van der Waals surface area contributed by atoms with Gasteiger partial charge in [0.05, 0.1) is 19.6 Å². The predicted molar refractivity (Wildman–Crippen MR) is 82.8 cm³/mol. The highest BCUT2D eigenvalue weighted by Gasteiger charge is 2.39. The first-order valence-corrected chi connectivity index (χ1v) is 9.79. The van der Waals surface area contributed by atoms with Crippen LogP contribution in [0, 0.1) is 0 Å². The van der Waals surface area contributed by atoms with Gasteiger partial charge in [0.15, 0.2) is 8.32 Å². The first kappa shape index (κ1) is 18.4. The fourth-order valence-electron chi connectivity index (χ4n) is 1.47. The number of methoxy groups -OCH3 is 1. The van der Waals surface area contributed by atoms with Crippen LogP contribution in [-0.4, -0.2) is 27.5 Å². The number of hydrogen-bond donors (Lipinski definition) is 0. The molecule has 0 unspecified atom stereocenters. The lowest BCUT2D eigenvalue weighted by atomic mass is 10.1. The van der Waals surface area contributed by atoms with Crippen molar-refractivity contribution in [3.8, 4) is 0 Å². The van der Waals surface area contributed by atoms with Crippen LogP contribution in [0.4, 0.5) is 0 Å². The van der Waals surface area contributed by atoms with Gasteiger partial charge in [-0.1, -0.05) is 26.3 Å². The molecule has 0 saturated heterocycles. The van der Waals surface area contributed by atoms with Crippen molar-refractivity contribution < 1.29 is 14.0 Å². The Bertz CT molecular complexity index is 316. The smallest absolute Gasteiger partial charge is 0.308 e. The van der Waals surface area contributed by atoms with Crippen LogP contribution >= 0.6 is 0 Å². The van der Waals surface area contributed by atoms with Gasteiger partial charge in [0.25, 0.3) is 0 Å². The van der Waals surface area contributed by atoms with Crippen molar-refractivity contribution in [2.24, 2.45) is 0 Å². The lowest BCUT2D eigenvalue weighted by Gasteiger charge is -2.39. The molecule has 19 heavy (non-hydrogen) atoms. The fourth-order valence-corrected chi connectivity index (χ4v) is 2.86. The van der Waals surface area contributed by atoms with E-state index in [1.807, 2.05) is 6.92 Å². The molecular weight excluding hydrogens is 256 g/mol. The number of carbonyl (C=O) groups is 1. The minimum absolute atomic E-state index is 0.0648. The molecular formula is C15H30O3Si. The molecule has 0 heterocycles. The molecule has 0 spiro atoms. The van der Waals surface area contributed by atoms with E-state index < -0.39 is 8.32 Å². The highest BCUT2D eigenvalue weighted by Crippen LogP contribution is 2.38. The van der Waals surface area contributed by atoms with E-state index in [2.05, 4.69) is 40.4 Å². The highest BCUT2D eigenvalue weighted by atomic mass is 28.4. The quantitative estimate of drug-likeness (QED) is 0.398. The molecule has 0 aliphatic carbocycles. The molecule has 0 amide bonds. The lowest BCUT2D eigenvalue weighted by molar-refractivity contribution is -0.142. The second-order valence-corrected chi connectivity index (χ2v) is 11.5. The van der Waals surface area contributed by atoms with Crippen molar-refractivity contribution in [2.45, 2.75) is 71.2 Å². The third kappa shape index (κ3) is 6.92. The Balaban J connectivity index is 4.74. The normalized spacial score (nSPS) is 14.1. The van der Waals surface area contributed by atoms with Gasteiger partial charge in [0.1, 0.15) is 0 Å². The molecule has 0 fully saturated rings. The van der Waals surface area contributed by atoms with Gasteiger partial charge in [-0.15, -0.1) is 6.58 Å². The Kier molecular flexibility index (Phi) is 7.01. The molecule has 112 valence electrons. The maximum absolute atomic E-state index is 11.5.